The number of aromatic amines is 1. The molecule has 0 amide bonds. The molecule has 0 saturated heterocycles. The van der Waals surface area contributed by atoms with Gasteiger partial charge in [-0.2, -0.15) is 10.2 Å². The minimum absolute atomic E-state index is 0.0159. The maximum atomic E-state index is 13.4. The first-order valence-corrected chi connectivity index (χ1v) is 11.9. The number of nitrogens with zero attached hydrogens (tertiary/aromatic N) is 6. The Morgan fingerprint density at radius 3 is 2.62 bits per heavy atom. The standard InChI is InChI=1S/C20H21FN8O4S/c1-27-8-13(7-24-27)9-29-18(30)15-6-14(34(32,33)26-20(11-21)4-5-20)2-3-16(15)28(19(29)31)10-17-22-12-23-25-17/h2-3,6-8,12,26H,4-5,9-11H2,1H3,(H,22,23,25). The van der Waals surface area contributed by atoms with Gasteiger partial charge in [-0.1, -0.05) is 0 Å². The van der Waals surface area contributed by atoms with Crippen molar-refractivity contribution in [2.75, 3.05) is 6.67 Å². The molecule has 2 N–H and O–H groups in total. The fraction of sp³-hybridized carbons (Fsp3) is 0.350. The fourth-order valence-electron chi connectivity index (χ4n) is 3.81. The molecule has 0 spiro atoms. The Morgan fingerprint density at radius 1 is 1.21 bits per heavy atom. The van der Waals surface area contributed by atoms with Crippen molar-refractivity contribution in [1.29, 1.82) is 0 Å². The van der Waals surface area contributed by atoms with Crippen molar-refractivity contribution >= 4 is 20.9 Å². The molecule has 0 atom stereocenters. The zero-order valence-corrected chi connectivity index (χ0v) is 18.9. The van der Waals surface area contributed by atoms with Gasteiger partial charge >= 0.3 is 5.69 Å². The average Bonchev–Trinajstić information content (AvgIpc) is 3.17. The summed E-state index contributed by atoms with van der Waals surface area (Å²) in [6, 6.07) is 3.90. The summed E-state index contributed by atoms with van der Waals surface area (Å²) < 4.78 is 45.4. The van der Waals surface area contributed by atoms with Gasteiger partial charge in [0.2, 0.25) is 10.0 Å². The lowest BCUT2D eigenvalue weighted by molar-refractivity contribution is 0.393. The van der Waals surface area contributed by atoms with Gasteiger partial charge in [0.25, 0.3) is 5.56 Å². The molecule has 12 nitrogen and oxygen atoms in total. The monoisotopic (exact) mass is 488 g/mol. The topological polar surface area (TPSA) is 150 Å². The third-order valence-corrected chi connectivity index (χ3v) is 7.41. The van der Waals surface area contributed by atoms with Crippen molar-refractivity contribution in [3.63, 3.8) is 0 Å². The highest BCUT2D eigenvalue weighted by atomic mass is 32.2. The van der Waals surface area contributed by atoms with E-state index in [1.165, 1.54) is 35.3 Å². The van der Waals surface area contributed by atoms with Crippen molar-refractivity contribution in [3.8, 4) is 0 Å². The van der Waals surface area contributed by atoms with E-state index >= 15 is 0 Å². The highest BCUT2D eigenvalue weighted by molar-refractivity contribution is 7.89. The number of rotatable bonds is 8. The van der Waals surface area contributed by atoms with Gasteiger partial charge in [0.15, 0.2) is 0 Å². The van der Waals surface area contributed by atoms with Crippen LogP contribution in [0.15, 0.2) is 51.4 Å². The first-order valence-electron chi connectivity index (χ1n) is 10.4. The molecule has 1 fully saturated rings. The highest BCUT2D eigenvalue weighted by Gasteiger charge is 2.46. The van der Waals surface area contributed by atoms with Gasteiger partial charge in [-0.05, 0) is 31.0 Å². The van der Waals surface area contributed by atoms with Crippen LogP contribution in [-0.4, -0.2) is 54.7 Å². The first-order chi connectivity index (χ1) is 16.2. The Labute approximate surface area is 192 Å². The molecule has 1 saturated carbocycles. The number of hydrogen-bond donors (Lipinski definition) is 2. The molecule has 0 aliphatic heterocycles. The van der Waals surface area contributed by atoms with Crippen LogP contribution in [-0.2, 0) is 30.2 Å². The van der Waals surface area contributed by atoms with Crippen LogP contribution in [0.1, 0.15) is 24.2 Å². The maximum Gasteiger partial charge on any atom is 0.332 e. The number of benzene rings is 1. The van der Waals surface area contributed by atoms with Gasteiger partial charge in [-0.15, -0.1) is 0 Å². The second kappa shape index (κ2) is 7.99. The van der Waals surface area contributed by atoms with E-state index in [2.05, 4.69) is 25.0 Å². The molecule has 1 aromatic carbocycles. The molecule has 0 unspecified atom stereocenters. The van der Waals surface area contributed by atoms with Gasteiger partial charge < -0.3 is 0 Å². The Balaban J connectivity index is 1.68. The number of hydrogen-bond acceptors (Lipinski definition) is 7. The lowest BCUT2D eigenvalue weighted by Crippen LogP contribution is -2.41. The van der Waals surface area contributed by atoms with Crippen molar-refractivity contribution in [2.24, 2.45) is 7.05 Å². The molecule has 1 aliphatic carbocycles. The van der Waals surface area contributed by atoms with Crippen molar-refractivity contribution < 1.29 is 12.8 Å². The first kappa shape index (κ1) is 22.2. The van der Waals surface area contributed by atoms with Crippen LogP contribution < -0.4 is 16.0 Å². The molecule has 178 valence electrons. The van der Waals surface area contributed by atoms with Crippen molar-refractivity contribution in [2.45, 2.75) is 36.4 Å². The third-order valence-electron chi connectivity index (χ3n) is 5.84. The molecule has 3 heterocycles. The van der Waals surface area contributed by atoms with Gasteiger partial charge in [0.1, 0.15) is 18.8 Å². The van der Waals surface area contributed by atoms with E-state index in [1.54, 1.807) is 17.9 Å². The summed E-state index contributed by atoms with van der Waals surface area (Å²) in [5, 5.41) is 10.5. The summed E-state index contributed by atoms with van der Waals surface area (Å²) in [4.78, 5) is 30.5. The Kier molecular flexibility index (Phi) is 5.20. The molecule has 0 bridgehead atoms. The SMILES string of the molecule is Cn1cc(Cn2c(=O)c3cc(S(=O)(=O)NC4(CF)CC4)ccc3n(Cc3ncn[nH]3)c2=O)cn1. The number of aryl methyl sites for hydroxylation is 1. The van der Waals surface area contributed by atoms with E-state index < -0.39 is 33.5 Å². The molecule has 3 aromatic heterocycles. The molecular weight excluding hydrogens is 467 g/mol. The van der Waals surface area contributed by atoms with Crippen LogP contribution in [0, 0.1) is 0 Å². The Morgan fingerprint density at radius 2 is 2.00 bits per heavy atom. The summed E-state index contributed by atoms with van der Waals surface area (Å²) in [5.41, 5.74) is -1.47. The molecule has 5 rings (SSSR count). The van der Waals surface area contributed by atoms with Gasteiger partial charge in [-0.25, -0.2) is 27.3 Å². The summed E-state index contributed by atoms with van der Waals surface area (Å²) >= 11 is 0. The Bertz CT molecular complexity index is 1600. The quantitative estimate of drug-likeness (QED) is 0.351. The second-order valence-electron chi connectivity index (χ2n) is 8.41. The largest absolute Gasteiger partial charge is 0.332 e. The highest BCUT2D eigenvalue weighted by Crippen LogP contribution is 2.37. The van der Waals surface area contributed by atoms with Crippen LogP contribution >= 0.6 is 0 Å². The lowest BCUT2D eigenvalue weighted by atomic mass is 10.2. The second-order valence-corrected chi connectivity index (χ2v) is 10.1. The van der Waals surface area contributed by atoms with Crippen molar-refractivity contribution in [1.82, 2.24) is 38.8 Å². The van der Waals surface area contributed by atoms with Crippen molar-refractivity contribution in [3.05, 3.63) is 69.1 Å². The average molecular weight is 489 g/mol. The van der Waals surface area contributed by atoms with Gasteiger partial charge in [0, 0.05) is 18.8 Å². The van der Waals surface area contributed by atoms with Gasteiger partial charge in [-0.3, -0.25) is 23.7 Å². The van der Waals surface area contributed by atoms with Crippen LogP contribution in [0.5, 0.6) is 0 Å². The predicted octanol–water partition coefficient (Wildman–Crippen LogP) is -0.108. The summed E-state index contributed by atoms with van der Waals surface area (Å²) in [5.74, 6) is 0.381. The third kappa shape index (κ3) is 3.94. The summed E-state index contributed by atoms with van der Waals surface area (Å²) in [7, 11) is -2.37. The summed E-state index contributed by atoms with van der Waals surface area (Å²) in [6.45, 7) is -0.884. The van der Waals surface area contributed by atoms with Crippen LogP contribution in [0.3, 0.4) is 0 Å². The minimum atomic E-state index is -4.08. The number of halogens is 1. The van der Waals surface area contributed by atoms with E-state index in [4.69, 9.17) is 0 Å². The predicted molar refractivity (Wildman–Crippen MR) is 119 cm³/mol. The number of sulfonamides is 1. The van der Waals surface area contributed by atoms with Crippen LogP contribution in [0.4, 0.5) is 4.39 Å². The van der Waals surface area contributed by atoms with E-state index in [-0.39, 0.29) is 28.9 Å². The normalized spacial score (nSPS) is 15.1. The Hall–Kier alpha value is -3.65. The number of aromatic nitrogens is 7. The van der Waals surface area contributed by atoms with Crippen LogP contribution in [0.2, 0.25) is 0 Å². The molecule has 4 aromatic rings. The maximum absolute atomic E-state index is 13.4. The van der Waals surface area contributed by atoms with E-state index in [0.717, 1.165) is 4.57 Å². The zero-order valence-electron chi connectivity index (χ0n) is 18.1. The van der Waals surface area contributed by atoms with Crippen LogP contribution in [0.25, 0.3) is 10.9 Å². The molecule has 14 heteroatoms. The summed E-state index contributed by atoms with van der Waals surface area (Å²) in [6.07, 6.45) is 5.32. The van der Waals surface area contributed by atoms with E-state index in [9.17, 15) is 22.4 Å². The molecule has 34 heavy (non-hydrogen) atoms. The van der Waals surface area contributed by atoms with E-state index in [1.807, 2.05) is 0 Å². The number of alkyl halides is 1. The minimum Gasteiger partial charge on any atom is -0.286 e. The molecule has 1 aliphatic rings. The fourth-order valence-corrected chi connectivity index (χ4v) is 5.28. The van der Waals surface area contributed by atoms with Gasteiger partial charge in [0.05, 0.1) is 40.6 Å². The molecule has 0 radical (unpaired) electrons. The lowest BCUT2D eigenvalue weighted by Gasteiger charge is -2.16. The zero-order chi connectivity index (χ0) is 24.1. The smallest absolute Gasteiger partial charge is 0.286 e. The number of nitrogens with one attached hydrogen (secondary N) is 2. The van der Waals surface area contributed by atoms with E-state index in [0.29, 0.717) is 24.2 Å². The number of H-pyrrole nitrogens is 1. The number of fused-ring (bicyclic) bond motifs is 1. The molecular formula is C20H21FN8O4S.